The van der Waals surface area contributed by atoms with Gasteiger partial charge < -0.3 is 86.0 Å². The van der Waals surface area contributed by atoms with Gasteiger partial charge in [-0.3, -0.25) is 86.8 Å². The number of pyridine rings is 5. The highest BCUT2D eigenvalue weighted by molar-refractivity contribution is 9.10. The predicted molar refractivity (Wildman–Crippen MR) is 521 cm³/mol. The second kappa shape index (κ2) is 52.7. The highest BCUT2D eigenvalue weighted by Gasteiger charge is 2.40. The maximum atomic E-state index is 14.3. The molecule has 0 saturated heterocycles. The molecule has 0 bridgehead atoms. The van der Waals surface area contributed by atoms with Crippen molar-refractivity contribution in [3.8, 4) is 0 Å². The van der Waals surface area contributed by atoms with E-state index in [4.69, 9.17) is 87.5 Å². The first-order chi connectivity index (χ1) is 69.2. The van der Waals surface area contributed by atoms with Gasteiger partial charge in [0.05, 0.1) is 108 Å². The summed E-state index contributed by atoms with van der Waals surface area (Å²) < 4.78 is 86.8. The van der Waals surface area contributed by atoms with Gasteiger partial charge in [0.25, 0.3) is 11.8 Å². The summed E-state index contributed by atoms with van der Waals surface area (Å²) in [6.45, 7) is 30.2. The van der Waals surface area contributed by atoms with E-state index in [9.17, 15) is 79.5 Å². The molecule has 10 N–H and O–H groups in total. The van der Waals surface area contributed by atoms with Gasteiger partial charge in [-0.05, 0) is 182 Å². The zero-order valence-corrected chi connectivity index (χ0v) is 83.4. The van der Waals surface area contributed by atoms with E-state index in [-0.39, 0.29) is 164 Å². The molecule has 12 aromatic rings. The number of primary amides is 2. The number of halogens is 8. The minimum absolute atomic E-state index is 0.0281. The number of ketones is 1. The lowest BCUT2D eigenvalue weighted by Crippen LogP contribution is -2.44. The number of carbonyl (C=O) groups is 13. The Morgan fingerprint density at radius 2 is 0.932 bits per heavy atom. The van der Waals surface area contributed by atoms with Gasteiger partial charge in [0, 0.05) is 105 Å². The molecule has 6 amide bonds. The molecule has 0 unspecified atom stereocenters. The average molecular weight is 2130 g/mol. The number of carboxylic acid groups (broad SMARTS) is 2. The molecule has 4 aliphatic rings. The molecular weight excluding hydrogens is 2030 g/mol. The largest absolute Gasteiger partial charge is 0.490 e. The molecule has 43 nitrogen and oxygen atoms in total. The molecule has 4 fully saturated rings. The van der Waals surface area contributed by atoms with Crippen LogP contribution >= 0.6 is 39.1 Å². The summed E-state index contributed by atoms with van der Waals surface area (Å²) in [5, 5.41) is 41.2. The molecule has 51 heteroatoms. The number of nitrogens with zero attached hydrogens (tertiary/aromatic N) is 19. The van der Waals surface area contributed by atoms with Gasteiger partial charge in [-0.2, -0.15) is 32.7 Å². The number of benzene rings is 2. The molecule has 0 spiro atoms. The van der Waals surface area contributed by atoms with Gasteiger partial charge in [0.2, 0.25) is 23.6 Å². The number of ether oxygens (including phenoxy) is 4. The lowest BCUT2D eigenvalue weighted by Gasteiger charge is -2.23. The Hall–Kier alpha value is -15.5. The van der Waals surface area contributed by atoms with Gasteiger partial charge >= 0.3 is 53.6 Å². The van der Waals surface area contributed by atoms with Crippen molar-refractivity contribution >= 4 is 182 Å². The third kappa shape index (κ3) is 33.3. The van der Waals surface area contributed by atoms with Crippen LogP contribution < -0.4 is 27.8 Å². The SMILES string of the molecule is CC(=O)c1cn(CC(=O)OC(C)(C)C)c2cnc(Br)cc12.CCOC(=O)CN(C(=O)Cn1nc(C(N)=O)c2ccncc21)C1CC1.CCOC(=O)CNC1CC1.C[C@H](N)c1cccc(Cl)c1F.C[C@H](NC(=O)CN(C(=O)Cn1nc(C(N)=O)c2ccncc21)C1CC1)c1cccc(Cl)c1F.O=C(O)C(F)(F)F.[C-]#[N+]c1nn(CC(=O)N(CC(=O)OCC)C2CC2)c2cnccc12.[C-]#[N+]c1nn(CC(=O)O)c2cnccc12. The Kier molecular flexibility index (Phi) is 41.2. The highest BCUT2D eigenvalue weighted by Crippen LogP contribution is 2.34. The molecule has 0 radical (unpaired) electrons. The zero-order valence-electron chi connectivity index (χ0n) is 80.3. The Morgan fingerprint density at radius 3 is 1.30 bits per heavy atom. The zero-order chi connectivity index (χ0) is 107. The lowest BCUT2D eigenvalue weighted by molar-refractivity contribution is -0.192. The second-order valence-electron chi connectivity index (χ2n) is 33.7. The van der Waals surface area contributed by atoms with Crippen LogP contribution in [0.15, 0.2) is 133 Å². The number of carbonyl (C=O) groups excluding carboxylic acids is 11. The first kappa shape index (κ1) is 114. The smallest absolute Gasteiger partial charge is 0.480 e. The monoisotopic (exact) mass is 2130 g/mol. The van der Waals surface area contributed by atoms with Crippen LogP contribution in [0.25, 0.3) is 64.2 Å². The molecule has 4 aliphatic carbocycles. The van der Waals surface area contributed by atoms with Crippen molar-refractivity contribution in [2.75, 3.05) is 46.0 Å². The van der Waals surface area contributed by atoms with E-state index < -0.39 is 71.1 Å². The maximum absolute atomic E-state index is 14.3. The number of rotatable bonds is 31. The van der Waals surface area contributed by atoms with Gasteiger partial charge in [0.15, 0.2) is 23.7 Å². The van der Waals surface area contributed by atoms with Crippen molar-refractivity contribution in [2.45, 2.75) is 194 Å². The van der Waals surface area contributed by atoms with E-state index in [1.165, 1.54) is 91.4 Å². The van der Waals surface area contributed by atoms with E-state index in [1.807, 2.05) is 27.7 Å². The normalized spacial score (nSPS) is 13.2. The molecule has 146 heavy (non-hydrogen) atoms. The third-order valence-electron chi connectivity index (χ3n) is 21.2. The Balaban J connectivity index is 0.000000193. The number of esters is 4. The van der Waals surface area contributed by atoms with Crippen LogP contribution in [0.2, 0.25) is 10.0 Å². The van der Waals surface area contributed by atoms with Gasteiger partial charge in [-0.1, -0.05) is 60.6 Å². The van der Waals surface area contributed by atoms with Crippen molar-refractivity contribution < 1.29 is 113 Å². The fourth-order valence-corrected chi connectivity index (χ4v) is 14.7. The molecular formula is C95H104BrCl2F5N24O19. The molecule has 10 heterocycles. The number of nitrogens with one attached hydrogen (secondary N) is 2. The number of amides is 6. The lowest BCUT2D eigenvalue weighted by atomic mass is 10.1. The first-order valence-corrected chi connectivity index (χ1v) is 46.7. The van der Waals surface area contributed by atoms with E-state index in [2.05, 4.69) is 81.6 Å². The van der Waals surface area contributed by atoms with Crippen molar-refractivity contribution in [1.82, 2.24) is 93.9 Å². The fourth-order valence-electron chi connectivity index (χ4n) is 14.0. The first-order valence-electron chi connectivity index (χ1n) is 45.2. The van der Waals surface area contributed by atoms with E-state index >= 15 is 0 Å². The number of hydrogen-bond donors (Lipinski definition) is 7. The molecule has 10 aromatic heterocycles. The average Bonchev–Trinajstić information content (AvgIpc) is 1.57. The summed E-state index contributed by atoms with van der Waals surface area (Å²) in [6, 6.07) is 17.5. The third-order valence-corrected chi connectivity index (χ3v) is 22.3. The minimum Gasteiger partial charge on any atom is -0.480 e. The van der Waals surface area contributed by atoms with Crippen LogP contribution in [0.5, 0.6) is 0 Å². The summed E-state index contributed by atoms with van der Waals surface area (Å²) in [6.07, 6.45) is 18.0. The maximum Gasteiger partial charge on any atom is 0.490 e. The van der Waals surface area contributed by atoms with E-state index in [0.29, 0.717) is 78.5 Å². The number of aliphatic carboxylic acids is 2. The topological polar surface area (TPSA) is 561 Å². The molecule has 2 atom stereocenters. The summed E-state index contributed by atoms with van der Waals surface area (Å²) >= 11 is 14.6. The number of alkyl halides is 3. The van der Waals surface area contributed by atoms with Crippen LogP contribution in [0.3, 0.4) is 0 Å². The quantitative estimate of drug-likeness (QED) is 0.00530. The number of nitrogens with two attached hydrogens (primary N) is 3. The van der Waals surface area contributed by atoms with Crippen molar-refractivity contribution in [3.05, 3.63) is 206 Å². The standard InChI is InChI=1S/C22H22ClFN6O3.C16H19N5O4.C16H17N5O3.C15H17BrN2O3.C9H6N4O2.C8H9ClFN.C7H13NO2.C2HF3O2/c1-12(14-3-2-4-16(23)20(14)24)27-18(31)10-29(13-5-6-13)19(32)11-30-17-9-26-8-7-15(17)21(28-30)22(25)33;1-2-25-14(23)9-20(10-3-4-10)13(22)8-21-12-7-18-6-5-11(12)15(19-21)16(17)24;1-3-24-15(23)10-20(11-4-5-11)14(22)9-21-13-8-18-7-6-12(13)16(17-2)19-21;1-9(19)11-7-18(8-14(20)21-15(2,3)4)12-6-17-13(16)5-10(11)12;1-10-9-6-2-3-11-4-7(6)13(12-9)5-8(14)15;1-5(11)6-3-2-4-7(9)8(6)10;1-2-10-7(9)5-8-6-3-4-6;3-2(4,5)1(6)7/h2-4,7-9,12-13H,5-6,10-11H2,1H3,(H2,25,33)(H,27,31);5-7,10H,2-4,8-9H2,1H3,(H2,17,24);6-8,11H,3-5,9-10H2,1H3;5-7H,8H2,1-4H3;2-4H,5H2,(H,14,15);2-5H,11H2,1H3;6,8H,2-5H2,1H3;(H,6,7)/t12-;;;;;5-;;/m0....0../s1. The van der Waals surface area contributed by atoms with Crippen molar-refractivity contribution in [1.29, 1.82) is 0 Å². The summed E-state index contributed by atoms with van der Waals surface area (Å²) in [7, 11) is 0. The molecule has 4 saturated carbocycles. The van der Waals surface area contributed by atoms with E-state index in [1.54, 1.807) is 123 Å². The number of Topliss-reactive ketones (excluding diaryl/α,β-unsaturated/α-hetero) is 1. The van der Waals surface area contributed by atoms with Crippen LogP contribution in [-0.4, -0.2) is 253 Å². The van der Waals surface area contributed by atoms with Crippen LogP contribution in [-0.2, 0) is 99.6 Å². The molecule has 774 valence electrons. The summed E-state index contributed by atoms with van der Waals surface area (Å²) in [4.78, 5) is 183. The highest BCUT2D eigenvalue weighted by atomic mass is 79.9. The predicted octanol–water partition coefficient (Wildman–Crippen LogP) is 11.7. The van der Waals surface area contributed by atoms with Crippen LogP contribution in [0.4, 0.5) is 33.6 Å². The second-order valence-corrected chi connectivity index (χ2v) is 35.4. The van der Waals surface area contributed by atoms with Crippen molar-refractivity contribution in [2.24, 2.45) is 17.2 Å². The van der Waals surface area contributed by atoms with Crippen molar-refractivity contribution in [3.63, 3.8) is 0 Å². The number of aromatic nitrogens is 14. The summed E-state index contributed by atoms with van der Waals surface area (Å²) in [5.74, 6) is -8.33. The van der Waals surface area contributed by atoms with E-state index in [0.717, 1.165) is 49.4 Å². The number of carboxylic acids is 2. The van der Waals surface area contributed by atoms with Gasteiger partial charge in [-0.25, -0.2) is 18.6 Å². The Morgan fingerprint density at radius 1 is 0.541 bits per heavy atom. The molecule has 0 aliphatic heterocycles. The number of fused-ring (bicyclic) bond motifs is 5. The Labute approximate surface area is 848 Å². The summed E-state index contributed by atoms with van der Waals surface area (Å²) in [5.41, 5.74) is 20.1. The fraction of sp³-hybridized carbons (Fsp3) is 0.389. The Bertz CT molecular complexity index is 6880. The van der Waals surface area contributed by atoms with Crippen LogP contribution in [0.1, 0.15) is 168 Å². The molecule has 16 rings (SSSR count). The van der Waals surface area contributed by atoms with Crippen LogP contribution in [0, 0.1) is 24.8 Å². The number of hydrogen-bond acceptors (Lipinski definition) is 28. The van der Waals surface area contributed by atoms with Gasteiger partial charge in [-0.15, -0.1) is 0 Å². The van der Waals surface area contributed by atoms with Gasteiger partial charge in [0.1, 0.15) is 61.1 Å². The minimum atomic E-state index is -5.08. The molecule has 2 aromatic carbocycles.